The Labute approximate surface area is 317 Å². The summed E-state index contributed by atoms with van der Waals surface area (Å²) < 4.78 is 16.7. The molecule has 0 bridgehead atoms. The lowest BCUT2D eigenvalue weighted by molar-refractivity contribution is -0.167. The molecule has 0 saturated heterocycles. The second-order valence-corrected chi connectivity index (χ2v) is 16.3. The maximum Gasteiger partial charge on any atom is 0.306 e. The molecule has 0 aliphatic carbocycles. The lowest BCUT2D eigenvalue weighted by Gasteiger charge is -2.18. The Kier molecular flexibility index (Phi) is 37.0. The van der Waals surface area contributed by atoms with Crippen LogP contribution < -0.4 is 0 Å². The minimum absolute atomic E-state index is 0.0660. The van der Waals surface area contributed by atoms with Crippen LogP contribution in [-0.2, 0) is 28.6 Å². The highest BCUT2D eigenvalue weighted by atomic mass is 16.6. The fourth-order valence-electron chi connectivity index (χ4n) is 6.58. The zero-order valence-electron chi connectivity index (χ0n) is 34.7. The molecule has 0 amide bonds. The Morgan fingerprint density at radius 3 is 0.961 bits per heavy atom. The number of esters is 3. The van der Waals surface area contributed by atoms with Crippen LogP contribution >= 0.6 is 0 Å². The van der Waals surface area contributed by atoms with Gasteiger partial charge >= 0.3 is 17.9 Å². The lowest BCUT2D eigenvalue weighted by Crippen LogP contribution is -2.30. The predicted molar refractivity (Wildman–Crippen MR) is 215 cm³/mol. The molecule has 0 aliphatic rings. The minimum atomic E-state index is -0.760. The van der Waals surface area contributed by atoms with E-state index in [0.717, 1.165) is 69.6 Å². The van der Waals surface area contributed by atoms with Gasteiger partial charge < -0.3 is 14.2 Å². The number of ether oxygens (including phenoxy) is 3. The Balaban J connectivity index is 4.33. The highest BCUT2D eigenvalue weighted by Crippen LogP contribution is 2.16. The first-order chi connectivity index (χ1) is 24.7. The molecule has 51 heavy (non-hydrogen) atoms. The van der Waals surface area contributed by atoms with Crippen molar-refractivity contribution >= 4 is 17.9 Å². The number of rotatable bonds is 39. The van der Waals surface area contributed by atoms with Crippen molar-refractivity contribution in [3.63, 3.8) is 0 Å². The third-order valence-electron chi connectivity index (χ3n) is 9.97. The molecule has 0 aromatic rings. The van der Waals surface area contributed by atoms with E-state index >= 15 is 0 Å². The smallest absolute Gasteiger partial charge is 0.306 e. The van der Waals surface area contributed by atoms with Gasteiger partial charge in [0.05, 0.1) is 0 Å². The van der Waals surface area contributed by atoms with E-state index in [1.807, 2.05) is 0 Å². The van der Waals surface area contributed by atoms with Crippen LogP contribution in [0.5, 0.6) is 0 Å². The standard InChI is InChI=1S/C45H86O6/c1-6-7-8-9-10-11-12-13-14-15-20-25-30-35-43(46)49-38-42(51-45(48)37-32-27-22-17-19-24-29-34-41(4)5)39-50-44(47)36-31-26-21-16-18-23-28-33-40(2)3/h40-42H,6-39H2,1-5H3/t42-/m0/s1. The van der Waals surface area contributed by atoms with Crippen molar-refractivity contribution < 1.29 is 28.6 Å². The molecular weight excluding hydrogens is 636 g/mol. The van der Waals surface area contributed by atoms with Crippen LogP contribution in [0, 0.1) is 11.8 Å². The fraction of sp³-hybridized carbons (Fsp3) is 0.933. The van der Waals surface area contributed by atoms with Crippen LogP contribution in [0.4, 0.5) is 0 Å². The molecule has 6 nitrogen and oxygen atoms in total. The zero-order valence-corrected chi connectivity index (χ0v) is 34.7. The Morgan fingerprint density at radius 2 is 0.647 bits per heavy atom. The van der Waals surface area contributed by atoms with Crippen molar-refractivity contribution in [1.82, 2.24) is 0 Å². The molecule has 0 fully saturated rings. The summed E-state index contributed by atoms with van der Waals surface area (Å²) in [5.74, 6) is 0.695. The van der Waals surface area contributed by atoms with Gasteiger partial charge in [0.1, 0.15) is 13.2 Å². The fourth-order valence-corrected chi connectivity index (χ4v) is 6.58. The van der Waals surface area contributed by atoms with Gasteiger partial charge in [0, 0.05) is 19.3 Å². The first kappa shape index (κ1) is 49.4. The van der Waals surface area contributed by atoms with Crippen LogP contribution in [0.25, 0.3) is 0 Å². The molecule has 6 heteroatoms. The Morgan fingerprint density at radius 1 is 0.373 bits per heavy atom. The van der Waals surface area contributed by atoms with E-state index in [-0.39, 0.29) is 31.1 Å². The summed E-state index contributed by atoms with van der Waals surface area (Å²) in [7, 11) is 0. The Hall–Kier alpha value is -1.59. The molecule has 0 aromatic heterocycles. The first-order valence-corrected chi connectivity index (χ1v) is 22.2. The largest absolute Gasteiger partial charge is 0.462 e. The summed E-state index contributed by atoms with van der Waals surface area (Å²) in [6.45, 7) is 11.2. The van der Waals surface area contributed by atoms with Gasteiger partial charge in [-0.2, -0.15) is 0 Å². The minimum Gasteiger partial charge on any atom is -0.462 e. The van der Waals surface area contributed by atoms with E-state index in [1.54, 1.807) is 0 Å². The number of unbranched alkanes of at least 4 members (excludes halogenated alkanes) is 24. The van der Waals surface area contributed by atoms with Gasteiger partial charge in [0.15, 0.2) is 6.10 Å². The topological polar surface area (TPSA) is 78.9 Å². The van der Waals surface area contributed by atoms with Crippen LogP contribution in [0.2, 0.25) is 0 Å². The quantitative estimate of drug-likeness (QED) is 0.0357. The molecule has 0 radical (unpaired) electrons. The van der Waals surface area contributed by atoms with Gasteiger partial charge in [-0.25, -0.2) is 0 Å². The summed E-state index contributed by atoms with van der Waals surface area (Å²) >= 11 is 0. The molecule has 1 atom stereocenters. The number of hydrogen-bond donors (Lipinski definition) is 0. The summed E-state index contributed by atoms with van der Waals surface area (Å²) in [5.41, 5.74) is 0. The molecule has 0 rings (SSSR count). The van der Waals surface area contributed by atoms with E-state index in [9.17, 15) is 14.4 Å². The molecule has 0 saturated carbocycles. The highest BCUT2D eigenvalue weighted by Gasteiger charge is 2.19. The van der Waals surface area contributed by atoms with Crippen LogP contribution in [-0.4, -0.2) is 37.2 Å². The second kappa shape index (κ2) is 38.1. The molecular formula is C45H86O6. The second-order valence-electron chi connectivity index (χ2n) is 16.3. The Bertz CT molecular complexity index is 779. The monoisotopic (exact) mass is 723 g/mol. The van der Waals surface area contributed by atoms with E-state index in [4.69, 9.17) is 14.2 Å². The molecule has 0 heterocycles. The van der Waals surface area contributed by atoms with Crippen LogP contribution in [0.15, 0.2) is 0 Å². The van der Waals surface area contributed by atoms with Crippen molar-refractivity contribution in [2.75, 3.05) is 13.2 Å². The van der Waals surface area contributed by atoms with Gasteiger partial charge in [-0.1, -0.05) is 202 Å². The molecule has 0 unspecified atom stereocenters. The summed E-state index contributed by atoms with van der Waals surface area (Å²) in [6.07, 6.45) is 35.3. The van der Waals surface area contributed by atoms with Crippen molar-refractivity contribution in [2.45, 2.75) is 246 Å². The molecule has 0 spiro atoms. The SMILES string of the molecule is CCCCCCCCCCCCCCCC(=O)OC[C@@H](COC(=O)CCCCCCCCCC(C)C)OC(=O)CCCCCCCCCC(C)C. The van der Waals surface area contributed by atoms with E-state index in [1.165, 1.54) is 128 Å². The van der Waals surface area contributed by atoms with E-state index < -0.39 is 6.10 Å². The van der Waals surface area contributed by atoms with Gasteiger partial charge in [0.2, 0.25) is 0 Å². The molecule has 0 aliphatic heterocycles. The predicted octanol–water partition coefficient (Wildman–Crippen LogP) is 13.8. The third kappa shape index (κ3) is 39.5. The van der Waals surface area contributed by atoms with Gasteiger partial charge in [-0.15, -0.1) is 0 Å². The number of hydrogen-bond acceptors (Lipinski definition) is 6. The van der Waals surface area contributed by atoms with Crippen LogP contribution in [0.3, 0.4) is 0 Å². The zero-order chi connectivity index (χ0) is 37.6. The maximum atomic E-state index is 12.7. The molecule has 0 N–H and O–H groups in total. The van der Waals surface area contributed by atoms with Gasteiger partial charge in [0.25, 0.3) is 0 Å². The van der Waals surface area contributed by atoms with E-state index in [2.05, 4.69) is 34.6 Å². The number of carbonyl (C=O) groups is 3. The third-order valence-corrected chi connectivity index (χ3v) is 9.97. The normalized spacial score (nSPS) is 12.1. The van der Waals surface area contributed by atoms with E-state index in [0.29, 0.717) is 19.3 Å². The average Bonchev–Trinajstić information content (AvgIpc) is 3.09. The molecule has 302 valence electrons. The summed E-state index contributed by atoms with van der Waals surface area (Å²) in [5, 5.41) is 0. The first-order valence-electron chi connectivity index (χ1n) is 22.2. The summed E-state index contributed by atoms with van der Waals surface area (Å²) in [4.78, 5) is 37.6. The van der Waals surface area contributed by atoms with Crippen LogP contribution in [0.1, 0.15) is 240 Å². The van der Waals surface area contributed by atoms with Crippen molar-refractivity contribution in [2.24, 2.45) is 11.8 Å². The summed E-state index contributed by atoms with van der Waals surface area (Å²) in [6, 6.07) is 0. The van der Waals surface area contributed by atoms with Crippen molar-refractivity contribution in [3.8, 4) is 0 Å². The van der Waals surface area contributed by atoms with Crippen molar-refractivity contribution in [3.05, 3.63) is 0 Å². The van der Waals surface area contributed by atoms with Crippen molar-refractivity contribution in [1.29, 1.82) is 0 Å². The average molecular weight is 723 g/mol. The number of carbonyl (C=O) groups excluding carboxylic acids is 3. The lowest BCUT2D eigenvalue weighted by atomic mass is 10.0. The maximum absolute atomic E-state index is 12.7. The highest BCUT2D eigenvalue weighted by molar-refractivity contribution is 5.71. The van der Waals surface area contributed by atoms with Gasteiger partial charge in [-0.05, 0) is 31.1 Å². The molecule has 0 aromatic carbocycles. The van der Waals surface area contributed by atoms with Gasteiger partial charge in [-0.3, -0.25) is 14.4 Å².